The van der Waals surface area contributed by atoms with E-state index in [1.807, 2.05) is 158 Å². The zero-order valence-corrected chi connectivity index (χ0v) is 47.3. The largest absolute Gasteiger partial charge is 0.497 e. The lowest BCUT2D eigenvalue weighted by Gasteiger charge is -2.40. The predicted molar refractivity (Wildman–Crippen MR) is 318 cm³/mol. The van der Waals surface area contributed by atoms with Crippen LogP contribution in [0, 0.1) is 32.1 Å². The summed E-state index contributed by atoms with van der Waals surface area (Å²) in [5.41, 5.74) is -0.433. The van der Waals surface area contributed by atoms with E-state index in [1.54, 1.807) is 33.3 Å². The number of unbranched alkanes of at least 4 members (excludes halogenated alkanes) is 3. The fraction of sp³-hybridized carbons (Fsp3) is 0.273. The minimum Gasteiger partial charge on any atom is -0.497 e. The topological polar surface area (TPSA) is 209 Å². The van der Waals surface area contributed by atoms with Gasteiger partial charge in [-0.2, -0.15) is 0 Å². The van der Waals surface area contributed by atoms with Crippen LogP contribution in [0.1, 0.15) is 84.2 Å². The number of nitro benzene ring substituents is 2. The maximum atomic E-state index is 14.3. The third-order valence-electron chi connectivity index (χ3n) is 15.1. The molecule has 0 unspecified atom stereocenters. The van der Waals surface area contributed by atoms with Crippen LogP contribution < -0.4 is 35.1 Å². The molecule has 18 heteroatoms. The second-order valence-corrected chi connectivity index (χ2v) is 20.0. The van der Waals surface area contributed by atoms with Crippen LogP contribution >= 0.6 is 0 Å². The normalized spacial score (nSPS) is 14.9. The predicted octanol–water partition coefficient (Wildman–Crippen LogP) is 11.5. The first-order valence-corrected chi connectivity index (χ1v) is 27.5. The van der Waals surface area contributed by atoms with Crippen molar-refractivity contribution in [2.45, 2.75) is 68.7 Å². The summed E-state index contributed by atoms with van der Waals surface area (Å²) >= 11 is 0. The zero-order valence-electron chi connectivity index (χ0n) is 47.3. The lowest BCUT2D eigenvalue weighted by atomic mass is 9.79. The van der Waals surface area contributed by atoms with Crippen LogP contribution in [0.2, 0.25) is 0 Å². The van der Waals surface area contributed by atoms with Crippen molar-refractivity contribution in [1.82, 2.24) is 9.55 Å². The van der Waals surface area contributed by atoms with Crippen molar-refractivity contribution in [2.24, 2.45) is 0 Å². The SMILES string of the molecule is CCCCCCN(CC#Cc1cn([C@H]2C[C@H](OC(c3ccccc3)(c3ccc(OC)cc3)c3ccc(OC)cc3)[C@@H](COC(c3ccccc3)(c3ccc(OC)cc3)c3ccc(OC)cc3)O2)c(=O)[nH]c1=O)c1ccc([N+](=O)[O-])cc1[N+](=O)[O-]. The number of aromatic amines is 1. The minimum absolute atomic E-state index is 0.0481. The van der Waals surface area contributed by atoms with Gasteiger partial charge in [-0.1, -0.05) is 147 Å². The van der Waals surface area contributed by atoms with Gasteiger partial charge in [0.1, 0.15) is 57.8 Å². The number of hydrogen-bond donors (Lipinski definition) is 1. The Balaban J connectivity index is 1.17. The fourth-order valence-corrected chi connectivity index (χ4v) is 10.8. The first kappa shape index (κ1) is 59.1. The molecule has 1 N–H and O–H groups in total. The smallest absolute Gasteiger partial charge is 0.330 e. The lowest BCUT2D eigenvalue weighted by molar-refractivity contribution is -0.393. The highest BCUT2D eigenvalue weighted by atomic mass is 16.6. The van der Waals surface area contributed by atoms with Crippen LogP contribution in [0.3, 0.4) is 0 Å². The molecule has 0 aliphatic carbocycles. The lowest BCUT2D eigenvalue weighted by Crippen LogP contribution is -2.43. The van der Waals surface area contributed by atoms with Crippen molar-refractivity contribution in [3.05, 3.63) is 262 Å². The Kier molecular flexibility index (Phi) is 19.0. The molecule has 1 fully saturated rings. The number of methoxy groups -OCH3 is 4. The van der Waals surface area contributed by atoms with Crippen molar-refractivity contribution in [3.63, 3.8) is 0 Å². The summed E-state index contributed by atoms with van der Waals surface area (Å²) in [6.45, 7) is 2.18. The molecular formula is C66H65N5O13. The van der Waals surface area contributed by atoms with Gasteiger partial charge < -0.3 is 38.1 Å². The molecule has 2 heterocycles. The van der Waals surface area contributed by atoms with Crippen LogP contribution in [0.4, 0.5) is 17.1 Å². The Morgan fingerprint density at radius 2 is 1.12 bits per heavy atom. The third-order valence-corrected chi connectivity index (χ3v) is 15.1. The van der Waals surface area contributed by atoms with Crippen LogP contribution in [-0.4, -0.2) is 79.7 Å². The van der Waals surface area contributed by atoms with Crippen molar-refractivity contribution in [3.8, 4) is 34.8 Å². The molecule has 0 bridgehead atoms. The van der Waals surface area contributed by atoms with Gasteiger partial charge in [0, 0.05) is 25.2 Å². The number of ether oxygens (including phenoxy) is 7. The maximum absolute atomic E-state index is 14.3. The summed E-state index contributed by atoms with van der Waals surface area (Å²) in [4.78, 5) is 54.8. The number of nitrogens with one attached hydrogen (secondary N) is 1. The molecule has 9 rings (SSSR count). The van der Waals surface area contributed by atoms with Gasteiger partial charge in [0.25, 0.3) is 16.9 Å². The third kappa shape index (κ3) is 12.7. The Bertz CT molecular complexity index is 3600. The number of hydrogen-bond acceptors (Lipinski definition) is 14. The Hall–Kier alpha value is -9.54. The highest BCUT2D eigenvalue weighted by Gasteiger charge is 2.48. The summed E-state index contributed by atoms with van der Waals surface area (Å²) in [7, 11) is 6.41. The van der Waals surface area contributed by atoms with E-state index in [9.17, 15) is 29.8 Å². The molecule has 0 spiro atoms. The molecule has 1 aliphatic heterocycles. The molecule has 18 nitrogen and oxygen atoms in total. The average molecular weight is 1140 g/mol. The molecule has 0 amide bonds. The van der Waals surface area contributed by atoms with Crippen LogP contribution in [0.25, 0.3) is 0 Å². The van der Waals surface area contributed by atoms with Crippen molar-refractivity contribution in [1.29, 1.82) is 0 Å². The van der Waals surface area contributed by atoms with Gasteiger partial charge in [-0.3, -0.25) is 34.6 Å². The average Bonchev–Trinajstić information content (AvgIpc) is 1.37. The molecule has 1 saturated heterocycles. The Morgan fingerprint density at radius 3 is 1.60 bits per heavy atom. The van der Waals surface area contributed by atoms with E-state index in [1.165, 1.54) is 22.9 Å². The van der Waals surface area contributed by atoms with E-state index < -0.39 is 62.1 Å². The number of rotatable bonds is 25. The maximum Gasteiger partial charge on any atom is 0.330 e. The molecule has 0 saturated carbocycles. The fourth-order valence-electron chi connectivity index (χ4n) is 10.8. The quantitative estimate of drug-likeness (QED) is 0.0186. The number of H-pyrrole nitrogens is 1. The number of benzene rings is 7. The number of aromatic nitrogens is 2. The highest BCUT2D eigenvalue weighted by molar-refractivity contribution is 5.67. The standard InChI is InChI=1S/C66H65N5O13/c1-6-7-8-15-40-68(58-39-30-53(70(74)75)42-59(58)71(76)77)41-16-17-46-44-69(64(73)67-63(46)72)62-43-60(84-66(48-20-13-10-14-21-48,51-26-35-56(80-4)36-27-51)52-28-37-57(81-5)38-29-52)61(83-62)45-82-65(47-18-11-9-12-19-47,49-22-31-54(78-2)32-23-49)50-24-33-55(79-3)34-25-50/h9-14,18-39,42,44,60-62H,6-8,15,40-41,43,45H2,1-5H3,(H,67,72,73)/t60-,61+,62+/m0/s1. The van der Waals surface area contributed by atoms with Gasteiger partial charge in [0.05, 0.1) is 63.6 Å². The number of anilines is 1. The summed E-state index contributed by atoms with van der Waals surface area (Å²) in [5, 5.41) is 24.0. The van der Waals surface area contributed by atoms with E-state index >= 15 is 0 Å². The number of nitro groups is 2. The van der Waals surface area contributed by atoms with Gasteiger partial charge >= 0.3 is 5.69 Å². The van der Waals surface area contributed by atoms with Crippen molar-refractivity contribution < 1.29 is 43.0 Å². The Morgan fingerprint density at radius 1 is 0.631 bits per heavy atom. The molecule has 84 heavy (non-hydrogen) atoms. The molecule has 8 aromatic rings. The van der Waals surface area contributed by atoms with E-state index in [0.717, 1.165) is 58.7 Å². The number of non-ortho nitro benzene ring substituents is 1. The minimum atomic E-state index is -1.36. The van der Waals surface area contributed by atoms with Crippen molar-refractivity contribution in [2.75, 3.05) is 53.0 Å². The first-order valence-electron chi connectivity index (χ1n) is 27.5. The van der Waals surface area contributed by atoms with Crippen molar-refractivity contribution >= 4 is 17.1 Å². The van der Waals surface area contributed by atoms with Gasteiger partial charge in [0.15, 0.2) is 0 Å². The molecule has 0 radical (unpaired) electrons. The first-order chi connectivity index (χ1) is 40.8. The van der Waals surface area contributed by atoms with Crippen LogP contribution in [0.5, 0.6) is 23.0 Å². The Labute approximate surface area is 486 Å². The molecule has 432 valence electrons. The monoisotopic (exact) mass is 1140 g/mol. The van der Waals surface area contributed by atoms with Gasteiger partial charge in [-0.05, 0) is 94.4 Å². The zero-order chi connectivity index (χ0) is 59.2. The summed E-state index contributed by atoms with van der Waals surface area (Å²) in [5.74, 6) is 8.47. The van der Waals surface area contributed by atoms with Gasteiger partial charge in [-0.25, -0.2) is 4.79 Å². The summed E-state index contributed by atoms with van der Waals surface area (Å²) in [6.07, 6.45) is 1.84. The van der Waals surface area contributed by atoms with E-state index in [2.05, 4.69) is 23.7 Å². The molecular weight excluding hydrogens is 1070 g/mol. The second-order valence-electron chi connectivity index (χ2n) is 20.0. The van der Waals surface area contributed by atoms with E-state index in [-0.39, 0.29) is 30.8 Å². The van der Waals surface area contributed by atoms with E-state index in [0.29, 0.717) is 36.0 Å². The summed E-state index contributed by atoms with van der Waals surface area (Å²) < 4.78 is 46.3. The van der Waals surface area contributed by atoms with Gasteiger partial charge in [-0.15, -0.1) is 0 Å². The highest BCUT2D eigenvalue weighted by Crippen LogP contribution is 2.48. The molecule has 3 atom stereocenters. The number of nitrogens with zero attached hydrogens (tertiary/aromatic N) is 4. The molecule has 1 aromatic heterocycles. The summed E-state index contributed by atoms with van der Waals surface area (Å²) in [6, 6.07) is 53.7. The van der Waals surface area contributed by atoms with Gasteiger partial charge in [0.2, 0.25) is 0 Å². The van der Waals surface area contributed by atoms with E-state index in [4.69, 9.17) is 33.2 Å². The second kappa shape index (κ2) is 27.0. The molecule has 7 aromatic carbocycles. The van der Waals surface area contributed by atoms with Crippen LogP contribution in [-0.2, 0) is 25.4 Å². The molecule has 1 aliphatic rings. The van der Waals surface area contributed by atoms with Crippen LogP contribution in [0.15, 0.2) is 192 Å².